The first-order valence-electron chi connectivity index (χ1n) is 9.66. The first kappa shape index (κ1) is 19.9. The van der Waals surface area contributed by atoms with Crippen LogP contribution in [0, 0.1) is 5.92 Å². The largest absolute Gasteiger partial charge is 0.464 e. The minimum atomic E-state index is -1.01. The van der Waals surface area contributed by atoms with Gasteiger partial charge in [0.15, 0.2) is 0 Å². The Balaban J connectivity index is 2.13. The zero-order valence-corrected chi connectivity index (χ0v) is 15.9. The molecular formula is C21H33NO3. The molecule has 0 unspecified atom stereocenters. The number of nitrogens with zero attached hydrogens (tertiary/aromatic N) is 1. The molecule has 1 aliphatic rings. The fourth-order valence-corrected chi connectivity index (χ4v) is 4.04. The van der Waals surface area contributed by atoms with E-state index in [1.54, 1.807) is 0 Å². The first-order valence-corrected chi connectivity index (χ1v) is 9.66. The highest BCUT2D eigenvalue weighted by molar-refractivity contribution is 5.80. The number of aliphatic hydroxyl groups is 1. The smallest absolute Gasteiger partial charge is 0.316 e. The second-order valence-corrected chi connectivity index (χ2v) is 7.34. The number of hydrogen-bond donors (Lipinski definition) is 1. The van der Waals surface area contributed by atoms with E-state index >= 15 is 0 Å². The molecule has 1 saturated carbocycles. The van der Waals surface area contributed by atoms with Crippen molar-refractivity contribution in [3.05, 3.63) is 35.9 Å². The maximum absolute atomic E-state index is 12.9. The van der Waals surface area contributed by atoms with Crippen LogP contribution in [0.3, 0.4) is 0 Å². The Morgan fingerprint density at radius 2 is 2.00 bits per heavy atom. The predicted octanol–water partition coefficient (Wildman–Crippen LogP) is 3.60. The van der Waals surface area contributed by atoms with Gasteiger partial charge in [0.2, 0.25) is 0 Å². The average molecular weight is 347 g/mol. The van der Waals surface area contributed by atoms with E-state index in [1.807, 2.05) is 30.3 Å². The molecule has 1 N–H and O–H groups in total. The van der Waals surface area contributed by atoms with Crippen molar-refractivity contribution in [2.24, 2.45) is 5.92 Å². The highest BCUT2D eigenvalue weighted by Crippen LogP contribution is 2.42. The van der Waals surface area contributed by atoms with E-state index in [2.05, 4.69) is 25.7 Å². The van der Waals surface area contributed by atoms with Crippen molar-refractivity contribution in [1.82, 2.24) is 4.90 Å². The summed E-state index contributed by atoms with van der Waals surface area (Å²) < 4.78 is 5.61. The lowest BCUT2D eigenvalue weighted by Crippen LogP contribution is -2.45. The fraction of sp³-hybridized carbons (Fsp3) is 0.667. The third kappa shape index (κ3) is 5.29. The second-order valence-electron chi connectivity index (χ2n) is 7.34. The van der Waals surface area contributed by atoms with Crippen molar-refractivity contribution in [3.63, 3.8) is 0 Å². The van der Waals surface area contributed by atoms with Crippen LogP contribution in [0.25, 0.3) is 0 Å². The molecule has 0 saturated heterocycles. The predicted molar refractivity (Wildman–Crippen MR) is 101 cm³/mol. The number of carbonyl (C=O) groups is 1. The standard InChI is InChI=1S/C21H33NO3/c1-4-22(5-2)14-15-25-20(23)19(18-11-7-6-8-12-18)21(24)13-9-10-17(3)16-21/h6-8,11-12,17,19,24H,4-5,9-10,13-16H2,1-3H3/t17-,19-,21-/m0/s1. The van der Waals surface area contributed by atoms with Gasteiger partial charge in [-0.25, -0.2) is 0 Å². The van der Waals surface area contributed by atoms with Crippen LogP contribution < -0.4 is 0 Å². The summed E-state index contributed by atoms with van der Waals surface area (Å²) in [5.74, 6) is -0.475. The van der Waals surface area contributed by atoms with Crippen molar-refractivity contribution in [2.75, 3.05) is 26.2 Å². The summed E-state index contributed by atoms with van der Waals surface area (Å²) in [4.78, 5) is 15.1. The summed E-state index contributed by atoms with van der Waals surface area (Å²) in [6.45, 7) is 9.34. The number of esters is 1. The van der Waals surface area contributed by atoms with Crippen LogP contribution in [0.15, 0.2) is 30.3 Å². The van der Waals surface area contributed by atoms with Gasteiger partial charge in [0, 0.05) is 6.54 Å². The Morgan fingerprint density at radius 3 is 2.60 bits per heavy atom. The van der Waals surface area contributed by atoms with E-state index in [4.69, 9.17) is 4.74 Å². The Labute approximate surface area is 152 Å². The van der Waals surface area contributed by atoms with Crippen LogP contribution in [0.1, 0.15) is 57.9 Å². The van der Waals surface area contributed by atoms with Gasteiger partial charge in [-0.2, -0.15) is 0 Å². The number of carbonyl (C=O) groups excluding carboxylic acids is 1. The van der Waals surface area contributed by atoms with E-state index in [9.17, 15) is 9.90 Å². The zero-order chi connectivity index (χ0) is 18.3. The Bertz CT molecular complexity index is 529. The van der Waals surface area contributed by atoms with Crippen LogP contribution in [-0.2, 0) is 9.53 Å². The van der Waals surface area contributed by atoms with Gasteiger partial charge in [-0.05, 0) is 37.4 Å². The van der Waals surface area contributed by atoms with Crippen LogP contribution >= 0.6 is 0 Å². The number of rotatable bonds is 8. The normalized spacial score (nSPS) is 24.9. The summed E-state index contributed by atoms with van der Waals surface area (Å²) >= 11 is 0. The molecule has 140 valence electrons. The van der Waals surface area contributed by atoms with E-state index in [-0.39, 0.29) is 5.97 Å². The lowest BCUT2D eigenvalue weighted by molar-refractivity contribution is -0.155. The number of benzene rings is 1. The van der Waals surface area contributed by atoms with Gasteiger partial charge in [0.05, 0.1) is 5.60 Å². The van der Waals surface area contributed by atoms with Crippen LogP contribution in [-0.4, -0.2) is 47.8 Å². The third-order valence-electron chi connectivity index (χ3n) is 5.46. The Kier molecular flexibility index (Phi) is 7.45. The van der Waals surface area contributed by atoms with Gasteiger partial charge in [0.25, 0.3) is 0 Å². The van der Waals surface area contributed by atoms with Crippen LogP contribution in [0.2, 0.25) is 0 Å². The lowest BCUT2D eigenvalue weighted by atomic mass is 9.69. The van der Waals surface area contributed by atoms with Gasteiger partial charge in [-0.1, -0.05) is 63.9 Å². The van der Waals surface area contributed by atoms with E-state index in [1.165, 1.54) is 0 Å². The molecule has 1 aromatic rings. The van der Waals surface area contributed by atoms with Crippen molar-refractivity contribution >= 4 is 5.97 Å². The quantitative estimate of drug-likeness (QED) is 0.730. The summed E-state index contributed by atoms with van der Waals surface area (Å²) in [7, 11) is 0. The summed E-state index contributed by atoms with van der Waals surface area (Å²) in [5.41, 5.74) is -0.155. The molecule has 0 spiro atoms. The molecule has 0 amide bonds. The monoisotopic (exact) mass is 347 g/mol. The zero-order valence-electron chi connectivity index (χ0n) is 15.9. The van der Waals surface area contributed by atoms with Gasteiger partial charge < -0.3 is 14.7 Å². The molecule has 0 bridgehead atoms. The molecule has 0 aliphatic heterocycles. The molecular weight excluding hydrogens is 314 g/mol. The summed E-state index contributed by atoms with van der Waals surface area (Å²) in [5, 5.41) is 11.3. The van der Waals surface area contributed by atoms with Crippen molar-refractivity contribution in [3.8, 4) is 0 Å². The van der Waals surface area contributed by atoms with Gasteiger partial charge >= 0.3 is 5.97 Å². The van der Waals surface area contributed by atoms with E-state index < -0.39 is 11.5 Å². The molecule has 1 fully saturated rings. The second kappa shape index (κ2) is 9.35. The van der Waals surface area contributed by atoms with Gasteiger partial charge in [-0.15, -0.1) is 0 Å². The van der Waals surface area contributed by atoms with Crippen molar-refractivity contribution in [1.29, 1.82) is 0 Å². The number of likely N-dealkylation sites (N-methyl/N-ethyl adjacent to an activating group) is 1. The fourth-order valence-electron chi connectivity index (χ4n) is 4.04. The Morgan fingerprint density at radius 1 is 1.32 bits per heavy atom. The number of hydrogen-bond acceptors (Lipinski definition) is 4. The molecule has 25 heavy (non-hydrogen) atoms. The molecule has 1 aliphatic carbocycles. The minimum absolute atomic E-state index is 0.296. The molecule has 0 aromatic heterocycles. The van der Waals surface area contributed by atoms with Crippen LogP contribution in [0.4, 0.5) is 0 Å². The molecule has 4 nitrogen and oxygen atoms in total. The number of ether oxygens (including phenoxy) is 1. The molecule has 3 atom stereocenters. The maximum Gasteiger partial charge on any atom is 0.316 e. The summed E-state index contributed by atoms with van der Waals surface area (Å²) in [6, 6.07) is 9.61. The molecule has 4 heteroatoms. The first-order chi connectivity index (χ1) is 12.0. The minimum Gasteiger partial charge on any atom is -0.464 e. The molecule has 0 radical (unpaired) electrons. The van der Waals surface area contributed by atoms with Crippen LogP contribution in [0.5, 0.6) is 0 Å². The Hall–Kier alpha value is -1.39. The highest BCUT2D eigenvalue weighted by atomic mass is 16.5. The maximum atomic E-state index is 12.9. The van der Waals surface area contributed by atoms with Gasteiger partial charge in [-0.3, -0.25) is 4.79 Å². The topological polar surface area (TPSA) is 49.8 Å². The lowest BCUT2D eigenvalue weighted by Gasteiger charge is -2.40. The average Bonchev–Trinajstić information content (AvgIpc) is 2.59. The van der Waals surface area contributed by atoms with E-state index in [0.717, 1.165) is 38.0 Å². The SMILES string of the molecule is CCN(CC)CCOC(=O)[C@H](c1ccccc1)[C@]1(O)CCC[C@H](C)C1. The van der Waals surface area contributed by atoms with Crippen molar-refractivity contribution in [2.45, 2.75) is 58.0 Å². The summed E-state index contributed by atoms with van der Waals surface area (Å²) in [6.07, 6.45) is 3.37. The van der Waals surface area contributed by atoms with Gasteiger partial charge in [0.1, 0.15) is 12.5 Å². The molecule has 0 heterocycles. The molecule has 2 rings (SSSR count). The van der Waals surface area contributed by atoms with E-state index in [0.29, 0.717) is 25.4 Å². The van der Waals surface area contributed by atoms with Crippen molar-refractivity contribution < 1.29 is 14.6 Å². The molecule has 1 aromatic carbocycles. The third-order valence-corrected chi connectivity index (χ3v) is 5.46. The highest BCUT2D eigenvalue weighted by Gasteiger charge is 2.45.